The van der Waals surface area contributed by atoms with Crippen molar-refractivity contribution in [2.75, 3.05) is 19.3 Å². The number of piperidine rings is 1. The molecule has 25 heavy (non-hydrogen) atoms. The molecule has 136 valence electrons. The van der Waals surface area contributed by atoms with E-state index in [2.05, 4.69) is 34.3 Å². The summed E-state index contributed by atoms with van der Waals surface area (Å²) in [7, 11) is -3.21. The molecule has 1 saturated heterocycles. The number of benzene rings is 1. The van der Waals surface area contributed by atoms with Crippen LogP contribution in [0.3, 0.4) is 0 Å². The third-order valence-corrected chi connectivity index (χ3v) is 6.25. The zero-order chi connectivity index (χ0) is 18.1. The van der Waals surface area contributed by atoms with Gasteiger partial charge in [0.05, 0.1) is 17.1 Å². The van der Waals surface area contributed by atoms with Crippen molar-refractivity contribution < 1.29 is 8.42 Å². The van der Waals surface area contributed by atoms with Crippen molar-refractivity contribution in [2.45, 2.75) is 44.6 Å². The largest absolute Gasteiger partial charge is 0.295 e. The van der Waals surface area contributed by atoms with E-state index >= 15 is 0 Å². The highest BCUT2D eigenvalue weighted by atomic mass is 32.2. The molecule has 1 fully saturated rings. The molecule has 1 unspecified atom stereocenters. The lowest BCUT2D eigenvalue weighted by atomic mass is 9.80. The molecule has 0 amide bonds. The first-order valence-corrected chi connectivity index (χ1v) is 10.5. The first kappa shape index (κ1) is 18.0. The average Bonchev–Trinajstić information content (AvgIpc) is 3.02. The minimum Gasteiger partial charge on any atom is -0.295 e. The Hall–Kier alpha value is -1.80. The van der Waals surface area contributed by atoms with E-state index in [0.717, 1.165) is 24.6 Å². The summed E-state index contributed by atoms with van der Waals surface area (Å²) >= 11 is 0. The third-order valence-electron chi connectivity index (χ3n) is 5.12. The lowest BCUT2D eigenvalue weighted by molar-refractivity contribution is 0.0910. The van der Waals surface area contributed by atoms with Crippen LogP contribution in [0.1, 0.15) is 38.9 Å². The van der Waals surface area contributed by atoms with Gasteiger partial charge in [0.1, 0.15) is 0 Å². The van der Waals surface area contributed by atoms with Crippen molar-refractivity contribution in [3.63, 3.8) is 0 Å². The monoisotopic (exact) mass is 363 g/mol. The molecule has 0 saturated carbocycles. The van der Waals surface area contributed by atoms with Crippen LogP contribution in [0.2, 0.25) is 0 Å². The molecule has 1 aromatic carbocycles. The lowest BCUT2D eigenvalue weighted by Crippen LogP contribution is -2.41. The van der Waals surface area contributed by atoms with Gasteiger partial charge in [-0.05, 0) is 65.9 Å². The summed E-state index contributed by atoms with van der Waals surface area (Å²) in [6.45, 7) is 7.37. The fourth-order valence-electron chi connectivity index (χ4n) is 3.39. The van der Waals surface area contributed by atoms with Gasteiger partial charge in [-0.3, -0.25) is 4.90 Å². The SMILES string of the molecule is CCC1(C)CCCN(Cc2nnnn2-c2ccc(S(C)(=O)=O)cc2)C1. The van der Waals surface area contributed by atoms with E-state index in [-0.39, 0.29) is 0 Å². The van der Waals surface area contributed by atoms with Crippen LogP contribution in [0.4, 0.5) is 0 Å². The van der Waals surface area contributed by atoms with Crippen LogP contribution in [0, 0.1) is 5.41 Å². The second kappa shape index (κ2) is 6.84. The van der Waals surface area contributed by atoms with Crippen LogP contribution >= 0.6 is 0 Å². The molecule has 0 bridgehead atoms. The molecule has 1 aromatic heterocycles. The van der Waals surface area contributed by atoms with Crippen molar-refractivity contribution in [1.82, 2.24) is 25.1 Å². The normalized spacial score (nSPS) is 22.2. The van der Waals surface area contributed by atoms with E-state index in [1.807, 2.05) is 0 Å². The van der Waals surface area contributed by atoms with Crippen molar-refractivity contribution in [3.05, 3.63) is 30.1 Å². The van der Waals surface area contributed by atoms with Gasteiger partial charge < -0.3 is 0 Å². The van der Waals surface area contributed by atoms with Gasteiger partial charge in [0.15, 0.2) is 15.7 Å². The maximum atomic E-state index is 11.6. The Labute approximate surface area is 149 Å². The van der Waals surface area contributed by atoms with Crippen LogP contribution < -0.4 is 0 Å². The van der Waals surface area contributed by atoms with Gasteiger partial charge in [-0.2, -0.15) is 4.68 Å². The van der Waals surface area contributed by atoms with E-state index in [9.17, 15) is 8.42 Å². The number of rotatable bonds is 5. The van der Waals surface area contributed by atoms with Crippen molar-refractivity contribution in [2.24, 2.45) is 5.41 Å². The predicted octanol–water partition coefficient (Wildman–Crippen LogP) is 2.08. The van der Waals surface area contributed by atoms with E-state index in [1.165, 1.54) is 25.5 Å². The highest BCUT2D eigenvalue weighted by Gasteiger charge is 2.30. The third kappa shape index (κ3) is 4.07. The van der Waals surface area contributed by atoms with Crippen LogP contribution in [0.5, 0.6) is 0 Å². The minimum atomic E-state index is -3.21. The van der Waals surface area contributed by atoms with Crippen LogP contribution in [0.25, 0.3) is 5.69 Å². The second-order valence-corrected chi connectivity index (χ2v) is 9.27. The Morgan fingerprint density at radius 2 is 1.96 bits per heavy atom. The summed E-state index contributed by atoms with van der Waals surface area (Å²) in [5.74, 6) is 0.771. The van der Waals surface area contributed by atoms with E-state index in [4.69, 9.17) is 0 Å². The Morgan fingerprint density at radius 1 is 1.24 bits per heavy atom. The van der Waals surface area contributed by atoms with Crippen molar-refractivity contribution in [3.8, 4) is 5.69 Å². The molecule has 0 N–H and O–H groups in total. The Balaban J connectivity index is 1.79. The highest BCUT2D eigenvalue weighted by Crippen LogP contribution is 2.33. The van der Waals surface area contributed by atoms with Gasteiger partial charge in [0.2, 0.25) is 0 Å². The average molecular weight is 363 g/mol. The first-order chi connectivity index (χ1) is 11.8. The fraction of sp³-hybridized carbons (Fsp3) is 0.588. The smallest absolute Gasteiger partial charge is 0.175 e. The summed E-state index contributed by atoms with van der Waals surface area (Å²) < 4.78 is 24.9. The number of tetrazole rings is 1. The number of hydrogen-bond acceptors (Lipinski definition) is 6. The molecule has 0 radical (unpaired) electrons. The van der Waals surface area contributed by atoms with E-state index in [1.54, 1.807) is 28.9 Å². The molecule has 7 nitrogen and oxygen atoms in total. The molecular weight excluding hydrogens is 338 g/mol. The highest BCUT2D eigenvalue weighted by molar-refractivity contribution is 7.90. The molecule has 2 aromatic rings. The van der Waals surface area contributed by atoms with Crippen LogP contribution in [-0.4, -0.2) is 52.9 Å². The number of hydrogen-bond donors (Lipinski definition) is 0. The number of aromatic nitrogens is 4. The molecule has 0 spiro atoms. The van der Waals surface area contributed by atoms with E-state index < -0.39 is 9.84 Å². The van der Waals surface area contributed by atoms with Crippen LogP contribution in [0.15, 0.2) is 29.2 Å². The number of likely N-dealkylation sites (tertiary alicyclic amines) is 1. The standard InChI is InChI=1S/C17H25N5O2S/c1-4-17(2)10-5-11-21(13-17)12-16-18-19-20-22(16)14-6-8-15(9-7-14)25(3,23)24/h6-9H,4-5,10-13H2,1-3H3. The molecule has 8 heteroatoms. The second-order valence-electron chi connectivity index (χ2n) is 7.25. The molecular formula is C17H25N5O2S. The maximum Gasteiger partial charge on any atom is 0.175 e. The van der Waals surface area contributed by atoms with Crippen molar-refractivity contribution >= 4 is 9.84 Å². The Morgan fingerprint density at radius 3 is 2.60 bits per heavy atom. The number of sulfone groups is 1. The van der Waals surface area contributed by atoms with Gasteiger partial charge >= 0.3 is 0 Å². The van der Waals surface area contributed by atoms with Crippen molar-refractivity contribution in [1.29, 1.82) is 0 Å². The van der Waals surface area contributed by atoms with Crippen LogP contribution in [-0.2, 0) is 16.4 Å². The fourth-order valence-corrected chi connectivity index (χ4v) is 4.02. The molecule has 1 aliphatic rings. The Kier molecular flexibility index (Phi) is 4.92. The quantitative estimate of drug-likeness (QED) is 0.809. The molecule has 1 aliphatic heterocycles. The molecule has 3 rings (SSSR count). The first-order valence-electron chi connectivity index (χ1n) is 8.61. The maximum absolute atomic E-state index is 11.6. The zero-order valence-corrected chi connectivity index (χ0v) is 15.8. The Bertz CT molecular complexity index is 831. The number of nitrogens with zero attached hydrogens (tertiary/aromatic N) is 5. The van der Waals surface area contributed by atoms with Gasteiger partial charge in [0, 0.05) is 12.8 Å². The topological polar surface area (TPSA) is 81.0 Å². The van der Waals surface area contributed by atoms with E-state index in [0.29, 0.717) is 16.9 Å². The summed E-state index contributed by atoms with van der Waals surface area (Å²) in [5.41, 5.74) is 1.12. The molecule has 1 atom stereocenters. The summed E-state index contributed by atoms with van der Waals surface area (Å²) in [4.78, 5) is 2.70. The summed E-state index contributed by atoms with van der Waals surface area (Å²) in [6, 6.07) is 6.65. The van der Waals surface area contributed by atoms with Gasteiger partial charge in [-0.25, -0.2) is 8.42 Å². The van der Waals surface area contributed by atoms with Gasteiger partial charge in [-0.15, -0.1) is 5.10 Å². The summed E-state index contributed by atoms with van der Waals surface area (Å²) in [5, 5.41) is 12.1. The summed E-state index contributed by atoms with van der Waals surface area (Å²) in [6.07, 6.45) is 4.82. The van der Waals surface area contributed by atoms with Gasteiger partial charge in [0.25, 0.3) is 0 Å². The molecule has 0 aliphatic carbocycles. The zero-order valence-electron chi connectivity index (χ0n) is 15.0. The predicted molar refractivity (Wildman–Crippen MR) is 95.2 cm³/mol. The lowest BCUT2D eigenvalue weighted by Gasteiger charge is -2.39. The van der Waals surface area contributed by atoms with Gasteiger partial charge in [-0.1, -0.05) is 13.8 Å². The molecule has 2 heterocycles. The minimum absolute atomic E-state index is 0.292.